The molecule has 0 aliphatic heterocycles. The van der Waals surface area contributed by atoms with Crippen LogP contribution in [-0.2, 0) is 14.8 Å². The van der Waals surface area contributed by atoms with Crippen molar-refractivity contribution < 1.29 is 22.7 Å². The fourth-order valence-corrected chi connectivity index (χ4v) is 2.82. The molecule has 0 atom stereocenters. The summed E-state index contributed by atoms with van der Waals surface area (Å²) in [5.74, 6) is 0.529. The van der Waals surface area contributed by atoms with Crippen LogP contribution in [0, 0.1) is 0 Å². The molecule has 0 aliphatic rings. The van der Waals surface area contributed by atoms with Gasteiger partial charge in [0.15, 0.2) is 11.5 Å². The summed E-state index contributed by atoms with van der Waals surface area (Å²) in [5, 5.41) is 2.71. The van der Waals surface area contributed by atoms with Gasteiger partial charge in [-0.2, -0.15) is 0 Å². The van der Waals surface area contributed by atoms with E-state index in [-0.39, 0.29) is 12.5 Å². The number of amides is 1. The normalized spacial score (nSPS) is 11.0. The lowest BCUT2D eigenvalue weighted by atomic mass is 10.2. The smallest absolute Gasteiger partial charge is 0.240 e. The van der Waals surface area contributed by atoms with Gasteiger partial charge in [-0.3, -0.25) is 9.10 Å². The first-order valence-electron chi connectivity index (χ1n) is 7.30. The topological polar surface area (TPSA) is 84.9 Å². The van der Waals surface area contributed by atoms with Crippen LogP contribution in [0.5, 0.6) is 11.5 Å². The summed E-state index contributed by atoms with van der Waals surface area (Å²) >= 11 is 0. The van der Waals surface area contributed by atoms with Gasteiger partial charge in [0.2, 0.25) is 15.9 Å². The van der Waals surface area contributed by atoms with Gasteiger partial charge >= 0.3 is 0 Å². The van der Waals surface area contributed by atoms with Gasteiger partial charge in [0.25, 0.3) is 0 Å². The number of methoxy groups -OCH3 is 2. The van der Waals surface area contributed by atoms with E-state index in [0.29, 0.717) is 23.7 Å². The summed E-state index contributed by atoms with van der Waals surface area (Å²) in [6, 6.07) is 4.70. The molecule has 0 spiro atoms. The Hall–Kier alpha value is -1.96. The van der Waals surface area contributed by atoms with Crippen LogP contribution in [-0.4, -0.2) is 47.9 Å². The van der Waals surface area contributed by atoms with Gasteiger partial charge < -0.3 is 14.8 Å². The number of benzene rings is 1. The maximum atomic E-state index is 12.0. The van der Waals surface area contributed by atoms with Crippen LogP contribution < -0.4 is 19.1 Å². The zero-order valence-electron chi connectivity index (χ0n) is 14.0. The van der Waals surface area contributed by atoms with Gasteiger partial charge in [-0.15, -0.1) is 0 Å². The maximum absolute atomic E-state index is 12.0. The number of anilines is 1. The highest BCUT2D eigenvalue weighted by atomic mass is 32.2. The maximum Gasteiger partial charge on any atom is 0.240 e. The van der Waals surface area contributed by atoms with Crippen molar-refractivity contribution in [1.82, 2.24) is 5.32 Å². The van der Waals surface area contributed by atoms with E-state index < -0.39 is 10.0 Å². The highest BCUT2D eigenvalue weighted by Gasteiger charge is 2.22. The Morgan fingerprint density at radius 2 is 1.87 bits per heavy atom. The highest BCUT2D eigenvalue weighted by molar-refractivity contribution is 7.92. The highest BCUT2D eigenvalue weighted by Crippen LogP contribution is 2.32. The standard InChI is InChI=1S/C15H24N2O5S/c1-5-6-9-16-15(18)11-17(23(4,19)20)12-7-8-13(21-2)14(10-12)22-3/h7-8,10H,5-6,9,11H2,1-4H3,(H,16,18). The van der Waals surface area contributed by atoms with Crippen molar-refractivity contribution in [3.8, 4) is 11.5 Å². The average molecular weight is 344 g/mol. The van der Waals surface area contributed by atoms with Crippen molar-refractivity contribution in [3.63, 3.8) is 0 Å². The lowest BCUT2D eigenvalue weighted by Gasteiger charge is -2.22. The van der Waals surface area contributed by atoms with Crippen LogP contribution in [0.15, 0.2) is 18.2 Å². The first-order valence-corrected chi connectivity index (χ1v) is 9.14. The lowest BCUT2D eigenvalue weighted by molar-refractivity contribution is -0.119. The Morgan fingerprint density at radius 1 is 1.22 bits per heavy atom. The number of hydrogen-bond acceptors (Lipinski definition) is 5. The average Bonchev–Trinajstić information content (AvgIpc) is 2.51. The molecule has 0 radical (unpaired) electrons. The Morgan fingerprint density at radius 3 is 2.39 bits per heavy atom. The minimum absolute atomic E-state index is 0.280. The first-order chi connectivity index (χ1) is 10.8. The summed E-state index contributed by atoms with van der Waals surface area (Å²) in [4.78, 5) is 12.0. The monoisotopic (exact) mass is 344 g/mol. The van der Waals surface area contributed by atoms with Crippen LogP contribution in [0.3, 0.4) is 0 Å². The Balaban J connectivity index is 3.02. The summed E-state index contributed by atoms with van der Waals surface area (Å²) < 4.78 is 35.4. The third-order valence-electron chi connectivity index (χ3n) is 3.20. The summed E-state index contributed by atoms with van der Waals surface area (Å²) in [7, 11) is -0.657. The third-order valence-corrected chi connectivity index (χ3v) is 4.34. The van der Waals surface area contributed by atoms with Crippen LogP contribution in [0.4, 0.5) is 5.69 Å². The molecular weight excluding hydrogens is 320 g/mol. The molecule has 0 unspecified atom stereocenters. The molecule has 0 aliphatic carbocycles. The number of carbonyl (C=O) groups excluding carboxylic acids is 1. The Bertz CT molecular complexity index is 631. The van der Waals surface area contributed by atoms with Crippen LogP contribution in [0.25, 0.3) is 0 Å². The number of ether oxygens (including phenoxy) is 2. The molecule has 1 amide bonds. The van der Waals surface area contributed by atoms with E-state index in [4.69, 9.17) is 9.47 Å². The van der Waals surface area contributed by atoms with E-state index in [0.717, 1.165) is 23.4 Å². The van der Waals surface area contributed by atoms with Crippen molar-refractivity contribution in [3.05, 3.63) is 18.2 Å². The minimum atomic E-state index is -3.61. The molecule has 7 nitrogen and oxygen atoms in total. The molecule has 1 aromatic rings. The third kappa shape index (κ3) is 5.63. The predicted molar refractivity (Wildman–Crippen MR) is 89.7 cm³/mol. The number of hydrogen-bond donors (Lipinski definition) is 1. The fourth-order valence-electron chi connectivity index (χ4n) is 1.97. The molecular formula is C15H24N2O5S. The summed E-state index contributed by atoms with van der Waals surface area (Å²) in [6.45, 7) is 2.26. The van der Waals surface area contributed by atoms with Gasteiger partial charge in [-0.05, 0) is 18.6 Å². The lowest BCUT2D eigenvalue weighted by Crippen LogP contribution is -2.40. The second kappa shape index (κ2) is 8.61. The van der Waals surface area contributed by atoms with Crippen molar-refractivity contribution in [2.45, 2.75) is 19.8 Å². The molecule has 0 aromatic heterocycles. The molecule has 0 fully saturated rings. The van der Waals surface area contributed by atoms with Gasteiger partial charge in [-0.25, -0.2) is 8.42 Å². The molecule has 130 valence electrons. The molecule has 0 saturated carbocycles. The first kappa shape index (κ1) is 19.1. The quantitative estimate of drug-likeness (QED) is 0.684. The van der Waals surface area contributed by atoms with Crippen molar-refractivity contribution in [2.75, 3.05) is 37.9 Å². The van der Waals surface area contributed by atoms with Gasteiger partial charge in [0.05, 0.1) is 26.2 Å². The molecule has 0 saturated heterocycles. The zero-order chi connectivity index (χ0) is 17.5. The van der Waals surface area contributed by atoms with Crippen LogP contribution >= 0.6 is 0 Å². The second-order valence-corrected chi connectivity index (χ2v) is 6.92. The van der Waals surface area contributed by atoms with Crippen LogP contribution in [0.2, 0.25) is 0 Å². The molecule has 1 aromatic carbocycles. The molecule has 8 heteroatoms. The van der Waals surface area contributed by atoms with Gasteiger partial charge in [0, 0.05) is 12.6 Å². The van der Waals surface area contributed by atoms with Gasteiger partial charge in [0.1, 0.15) is 6.54 Å². The van der Waals surface area contributed by atoms with Gasteiger partial charge in [-0.1, -0.05) is 13.3 Å². The SMILES string of the molecule is CCCCNC(=O)CN(c1ccc(OC)c(OC)c1)S(C)(=O)=O. The second-order valence-electron chi connectivity index (χ2n) is 5.01. The van der Waals surface area contributed by atoms with E-state index in [1.165, 1.54) is 20.3 Å². The largest absolute Gasteiger partial charge is 0.493 e. The molecule has 1 rings (SSSR count). The number of carbonyl (C=O) groups is 1. The van der Waals surface area contributed by atoms with Crippen molar-refractivity contribution >= 4 is 21.6 Å². The minimum Gasteiger partial charge on any atom is -0.493 e. The molecule has 1 N–H and O–H groups in total. The van der Waals surface area contributed by atoms with E-state index in [2.05, 4.69) is 5.32 Å². The molecule has 0 bridgehead atoms. The molecule has 23 heavy (non-hydrogen) atoms. The van der Waals surface area contributed by atoms with Crippen molar-refractivity contribution in [2.24, 2.45) is 0 Å². The number of sulfonamides is 1. The summed E-state index contributed by atoms with van der Waals surface area (Å²) in [6.07, 6.45) is 2.86. The van der Waals surface area contributed by atoms with E-state index >= 15 is 0 Å². The Kier molecular flexibility index (Phi) is 7.15. The van der Waals surface area contributed by atoms with E-state index in [1.807, 2.05) is 6.92 Å². The zero-order valence-corrected chi connectivity index (χ0v) is 14.8. The fraction of sp³-hybridized carbons (Fsp3) is 0.533. The summed E-state index contributed by atoms with van der Waals surface area (Å²) in [5.41, 5.74) is 0.343. The number of rotatable bonds is 9. The molecule has 0 heterocycles. The number of unbranched alkanes of at least 4 members (excludes halogenated alkanes) is 1. The van der Waals surface area contributed by atoms with E-state index in [1.54, 1.807) is 12.1 Å². The van der Waals surface area contributed by atoms with E-state index in [9.17, 15) is 13.2 Å². The Labute approximate surface area is 137 Å². The number of nitrogens with zero attached hydrogens (tertiary/aromatic N) is 1. The predicted octanol–water partition coefficient (Wildman–Crippen LogP) is 1.39. The number of nitrogens with one attached hydrogen (secondary N) is 1. The van der Waals surface area contributed by atoms with Crippen molar-refractivity contribution in [1.29, 1.82) is 0 Å². The van der Waals surface area contributed by atoms with Crippen LogP contribution in [0.1, 0.15) is 19.8 Å².